The van der Waals surface area contributed by atoms with Gasteiger partial charge in [0.05, 0.1) is 16.5 Å². The van der Waals surface area contributed by atoms with Crippen LogP contribution >= 0.6 is 11.3 Å². The molecule has 9 heteroatoms. The van der Waals surface area contributed by atoms with Gasteiger partial charge in [-0.3, -0.25) is 9.48 Å². The minimum Gasteiger partial charge on any atom is -0.344 e. The van der Waals surface area contributed by atoms with Crippen LogP contribution in [0.15, 0.2) is 18.7 Å². The highest BCUT2D eigenvalue weighted by molar-refractivity contribution is 7.20. The van der Waals surface area contributed by atoms with Crippen molar-refractivity contribution in [3.8, 4) is 0 Å². The Labute approximate surface area is 147 Å². The second kappa shape index (κ2) is 5.62. The van der Waals surface area contributed by atoms with Gasteiger partial charge >= 0.3 is 0 Å². The van der Waals surface area contributed by atoms with Crippen LogP contribution in [-0.2, 0) is 6.54 Å². The fourth-order valence-electron chi connectivity index (χ4n) is 2.75. The third-order valence-corrected chi connectivity index (χ3v) is 5.17. The van der Waals surface area contributed by atoms with E-state index >= 15 is 0 Å². The van der Waals surface area contributed by atoms with Crippen LogP contribution < -0.4 is 0 Å². The lowest BCUT2D eigenvalue weighted by Crippen LogP contribution is -2.21. The molecule has 0 N–H and O–H groups in total. The van der Waals surface area contributed by atoms with Crippen molar-refractivity contribution in [1.82, 2.24) is 34.3 Å². The molecule has 4 heterocycles. The van der Waals surface area contributed by atoms with E-state index in [1.165, 1.54) is 11.3 Å². The average Bonchev–Trinajstić information content (AvgIpc) is 3.24. The smallest absolute Gasteiger partial charge is 0.263 e. The van der Waals surface area contributed by atoms with E-state index in [1.807, 2.05) is 20.0 Å². The van der Waals surface area contributed by atoms with Crippen molar-refractivity contribution in [2.45, 2.75) is 20.4 Å². The number of hydrogen-bond acceptors (Lipinski definition) is 6. The van der Waals surface area contributed by atoms with Crippen LogP contribution in [0.5, 0.6) is 0 Å². The van der Waals surface area contributed by atoms with Crippen LogP contribution in [0.4, 0.5) is 0 Å². The van der Waals surface area contributed by atoms with Crippen LogP contribution in [0.2, 0.25) is 0 Å². The fourth-order valence-corrected chi connectivity index (χ4v) is 3.92. The summed E-state index contributed by atoms with van der Waals surface area (Å²) in [6, 6.07) is 0. The van der Waals surface area contributed by atoms with Crippen LogP contribution in [-0.4, -0.2) is 54.3 Å². The molecule has 0 spiro atoms. The minimum absolute atomic E-state index is 0.0228. The summed E-state index contributed by atoms with van der Waals surface area (Å²) in [5.41, 5.74) is 2.70. The summed E-state index contributed by atoms with van der Waals surface area (Å²) in [6.45, 7) is 4.41. The number of rotatable bonds is 3. The van der Waals surface area contributed by atoms with Crippen molar-refractivity contribution >= 4 is 33.1 Å². The first-order valence-electron chi connectivity index (χ1n) is 7.78. The summed E-state index contributed by atoms with van der Waals surface area (Å²) in [6.07, 6.45) is 5.39. The highest BCUT2D eigenvalue weighted by atomic mass is 32.1. The molecule has 25 heavy (non-hydrogen) atoms. The van der Waals surface area contributed by atoms with Crippen molar-refractivity contribution in [2.75, 3.05) is 14.1 Å². The van der Waals surface area contributed by atoms with Gasteiger partial charge < -0.3 is 4.90 Å². The van der Waals surface area contributed by atoms with E-state index in [1.54, 1.807) is 40.7 Å². The molecule has 0 aliphatic rings. The summed E-state index contributed by atoms with van der Waals surface area (Å²) in [5.74, 6) is 0.633. The number of nitrogens with zero attached hydrogens (tertiary/aromatic N) is 7. The van der Waals surface area contributed by atoms with E-state index in [0.29, 0.717) is 17.2 Å². The first-order valence-corrected chi connectivity index (χ1v) is 8.59. The Morgan fingerprint density at radius 3 is 2.80 bits per heavy atom. The Balaban J connectivity index is 1.84. The molecule has 0 saturated heterocycles. The third-order valence-electron chi connectivity index (χ3n) is 3.98. The molecule has 0 unspecified atom stereocenters. The number of amides is 1. The van der Waals surface area contributed by atoms with Gasteiger partial charge in [-0.25, -0.2) is 14.5 Å². The molecule has 4 aromatic heterocycles. The Morgan fingerprint density at radius 1 is 1.32 bits per heavy atom. The number of thiophene rings is 1. The third kappa shape index (κ3) is 2.56. The van der Waals surface area contributed by atoms with Crippen LogP contribution in [0.3, 0.4) is 0 Å². The Kier molecular flexibility index (Phi) is 3.53. The monoisotopic (exact) mass is 355 g/mol. The molecular weight excluding hydrogens is 338 g/mol. The summed E-state index contributed by atoms with van der Waals surface area (Å²) >= 11 is 1.39. The SMILES string of the molecule is Cc1cnn(Cc2nc3c4c(C)c(C(=O)N(C)C)sc4ncn3n2)c1. The average molecular weight is 355 g/mol. The topological polar surface area (TPSA) is 81.2 Å². The summed E-state index contributed by atoms with van der Waals surface area (Å²) < 4.78 is 3.47. The van der Waals surface area contributed by atoms with Gasteiger partial charge in [-0.05, 0) is 25.0 Å². The highest BCUT2D eigenvalue weighted by Crippen LogP contribution is 2.32. The lowest BCUT2D eigenvalue weighted by molar-refractivity contribution is 0.0831. The highest BCUT2D eigenvalue weighted by Gasteiger charge is 2.21. The second-order valence-corrected chi connectivity index (χ2v) is 7.19. The molecule has 4 rings (SSSR count). The van der Waals surface area contributed by atoms with E-state index in [-0.39, 0.29) is 5.91 Å². The van der Waals surface area contributed by atoms with E-state index < -0.39 is 0 Å². The fraction of sp³-hybridized carbons (Fsp3) is 0.312. The van der Waals surface area contributed by atoms with Gasteiger partial charge in [0.2, 0.25) is 0 Å². The van der Waals surface area contributed by atoms with E-state index in [2.05, 4.69) is 20.2 Å². The van der Waals surface area contributed by atoms with Gasteiger partial charge in [0.25, 0.3) is 5.91 Å². The molecule has 0 aliphatic heterocycles. The zero-order valence-electron chi connectivity index (χ0n) is 14.4. The van der Waals surface area contributed by atoms with Crippen molar-refractivity contribution in [1.29, 1.82) is 0 Å². The number of aromatic nitrogens is 6. The van der Waals surface area contributed by atoms with Crippen LogP contribution in [0.25, 0.3) is 15.9 Å². The molecule has 0 bridgehead atoms. The lowest BCUT2D eigenvalue weighted by Gasteiger charge is -2.08. The van der Waals surface area contributed by atoms with Crippen molar-refractivity contribution in [3.63, 3.8) is 0 Å². The lowest BCUT2D eigenvalue weighted by atomic mass is 10.2. The van der Waals surface area contributed by atoms with Gasteiger partial charge in [-0.2, -0.15) is 5.10 Å². The molecule has 4 aromatic rings. The predicted molar refractivity (Wildman–Crippen MR) is 95.0 cm³/mol. The van der Waals surface area contributed by atoms with Crippen molar-refractivity contribution < 1.29 is 4.79 Å². The molecule has 128 valence electrons. The Morgan fingerprint density at radius 2 is 2.12 bits per heavy atom. The maximum atomic E-state index is 12.4. The first-order chi connectivity index (χ1) is 11.9. The van der Waals surface area contributed by atoms with Crippen LogP contribution in [0, 0.1) is 13.8 Å². The first kappa shape index (κ1) is 15.7. The molecule has 1 amide bonds. The maximum absolute atomic E-state index is 12.4. The quantitative estimate of drug-likeness (QED) is 0.561. The molecular formula is C16H17N7OS. The van der Waals surface area contributed by atoms with Crippen molar-refractivity contribution in [2.24, 2.45) is 0 Å². The van der Waals surface area contributed by atoms with Gasteiger partial charge in [-0.1, -0.05) is 0 Å². The molecule has 0 radical (unpaired) electrons. The minimum atomic E-state index is -0.0228. The number of fused-ring (bicyclic) bond motifs is 3. The molecule has 0 aliphatic carbocycles. The molecule has 8 nitrogen and oxygen atoms in total. The maximum Gasteiger partial charge on any atom is 0.263 e. The zero-order chi connectivity index (χ0) is 17.7. The number of carbonyl (C=O) groups excluding carboxylic acids is 1. The second-order valence-electron chi connectivity index (χ2n) is 6.19. The summed E-state index contributed by atoms with van der Waals surface area (Å²) in [4.78, 5) is 24.5. The van der Waals surface area contributed by atoms with Gasteiger partial charge in [-0.15, -0.1) is 16.4 Å². The van der Waals surface area contributed by atoms with E-state index in [0.717, 1.165) is 27.0 Å². The Bertz CT molecular complexity index is 1100. The number of carbonyl (C=O) groups is 1. The Hall–Kier alpha value is -2.81. The standard InChI is InChI=1S/C16H17N7OS/c1-9-5-18-22(6-9)7-11-19-14-12-10(2)13(16(24)21(3)4)25-15(12)17-8-23(14)20-11/h5-6,8H,7H2,1-4H3. The van der Waals surface area contributed by atoms with Crippen molar-refractivity contribution in [3.05, 3.63) is 40.5 Å². The summed E-state index contributed by atoms with van der Waals surface area (Å²) in [7, 11) is 3.49. The van der Waals surface area contributed by atoms with Crippen LogP contribution in [0.1, 0.15) is 26.6 Å². The van der Waals surface area contributed by atoms with Gasteiger partial charge in [0.1, 0.15) is 17.7 Å². The normalized spacial score (nSPS) is 11.5. The number of hydrogen-bond donors (Lipinski definition) is 0. The van der Waals surface area contributed by atoms with Gasteiger partial charge in [0, 0.05) is 20.3 Å². The zero-order valence-corrected chi connectivity index (χ0v) is 15.2. The molecule has 0 fully saturated rings. The number of aryl methyl sites for hydroxylation is 2. The molecule has 0 aromatic carbocycles. The largest absolute Gasteiger partial charge is 0.344 e. The van der Waals surface area contributed by atoms with Gasteiger partial charge in [0.15, 0.2) is 11.5 Å². The molecule has 0 saturated carbocycles. The predicted octanol–water partition coefficient (Wildman–Crippen LogP) is 1.90. The van der Waals surface area contributed by atoms with E-state index in [9.17, 15) is 4.79 Å². The molecule has 0 atom stereocenters. The summed E-state index contributed by atoms with van der Waals surface area (Å²) in [5, 5.41) is 9.64. The van der Waals surface area contributed by atoms with E-state index in [4.69, 9.17) is 0 Å².